The third-order valence-corrected chi connectivity index (χ3v) is 10.0. The van der Waals surface area contributed by atoms with Gasteiger partial charge in [0.1, 0.15) is 10.6 Å². The van der Waals surface area contributed by atoms with Crippen LogP contribution in [0.5, 0.6) is 0 Å². The van der Waals surface area contributed by atoms with Gasteiger partial charge in [0.15, 0.2) is 0 Å². The number of rotatable bonds is 8. The Labute approximate surface area is 264 Å². The molecule has 0 aliphatic carbocycles. The van der Waals surface area contributed by atoms with Crippen LogP contribution in [0.2, 0.25) is 15.1 Å². The van der Waals surface area contributed by atoms with E-state index in [4.69, 9.17) is 39.5 Å². The van der Waals surface area contributed by atoms with Crippen molar-refractivity contribution < 1.29 is 17.9 Å². The van der Waals surface area contributed by atoms with Gasteiger partial charge in [-0.1, -0.05) is 65.1 Å². The van der Waals surface area contributed by atoms with Crippen molar-refractivity contribution in [3.05, 3.63) is 109 Å². The Kier molecular flexibility index (Phi) is 8.97. The highest BCUT2D eigenvalue weighted by Gasteiger charge is 2.36. The molecule has 1 amide bonds. The summed E-state index contributed by atoms with van der Waals surface area (Å²) >= 11 is 18.8. The Morgan fingerprint density at radius 3 is 2.40 bits per heavy atom. The fourth-order valence-corrected chi connectivity index (χ4v) is 7.26. The molecule has 5 rings (SSSR count). The van der Waals surface area contributed by atoms with Crippen molar-refractivity contribution in [3.63, 3.8) is 0 Å². The molecule has 1 atom stereocenters. The Morgan fingerprint density at radius 1 is 1.05 bits per heavy atom. The molecular weight excluding hydrogens is 635 g/mol. The zero-order valence-electron chi connectivity index (χ0n) is 23.4. The van der Waals surface area contributed by atoms with Crippen LogP contribution in [0.1, 0.15) is 34.5 Å². The number of hydrogen-bond acceptors (Lipinski definition) is 5. The number of amides is 1. The van der Waals surface area contributed by atoms with E-state index in [1.165, 1.54) is 10.7 Å². The minimum atomic E-state index is -4.46. The first-order valence-corrected chi connectivity index (χ1v) is 16.0. The summed E-state index contributed by atoms with van der Waals surface area (Å²) in [5.41, 5.74) is 0.397. The van der Waals surface area contributed by atoms with Gasteiger partial charge in [0.2, 0.25) is 0 Å². The predicted molar refractivity (Wildman–Crippen MR) is 168 cm³/mol. The molecule has 0 bridgehead atoms. The molecule has 43 heavy (non-hydrogen) atoms. The van der Waals surface area contributed by atoms with Crippen molar-refractivity contribution in [1.29, 1.82) is 0 Å². The summed E-state index contributed by atoms with van der Waals surface area (Å²) in [6.07, 6.45) is 1.86. The van der Waals surface area contributed by atoms with Crippen LogP contribution in [0, 0.1) is 6.92 Å². The van der Waals surface area contributed by atoms with Crippen molar-refractivity contribution in [2.45, 2.75) is 36.6 Å². The van der Waals surface area contributed by atoms with E-state index >= 15 is 0 Å². The zero-order chi connectivity index (χ0) is 30.9. The highest BCUT2D eigenvalue weighted by Crippen LogP contribution is 2.33. The van der Waals surface area contributed by atoms with E-state index in [9.17, 15) is 18.0 Å². The normalized spacial score (nSPS) is 17.0. The van der Waals surface area contributed by atoms with Gasteiger partial charge in [-0.25, -0.2) is 13.1 Å². The van der Waals surface area contributed by atoms with Crippen LogP contribution < -0.4 is 15.6 Å². The summed E-state index contributed by atoms with van der Waals surface area (Å²) < 4.78 is 38.3. The highest BCUT2D eigenvalue weighted by molar-refractivity contribution is 7.92. The number of anilines is 1. The van der Waals surface area contributed by atoms with E-state index in [1.54, 1.807) is 55.1 Å². The summed E-state index contributed by atoms with van der Waals surface area (Å²) in [4.78, 5) is 26.5. The van der Waals surface area contributed by atoms with Gasteiger partial charge >= 0.3 is 0 Å². The summed E-state index contributed by atoms with van der Waals surface area (Å²) in [5.74, 6) is -0.545. The van der Waals surface area contributed by atoms with E-state index in [1.807, 2.05) is 18.2 Å². The molecule has 1 aromatic heterocycles. The van der Waals surface area contributed by atoms with E-state index in [0.29, 0.717) is 35.9 Å². The third kappa shape index (κ3) is 6.49. The molecule has 4 aromatic rings. The second-order valence-corrected chi connectivity index (χ2v) is 13.4. The number of hydrogen-bond donors (Lipinski definition) is 2. The number of para-hydroxylation sites is 1. The average Bonchev–Trinajstić information content (AvgIpc) is 3.18. The van der Waals surface area contributed by atoms with Crippen LogP contribution in [-0.2, 0) is 28.2 Å². The molecule has 1 aliphatic heterocycles. The standard InChI is InChI=1S/C30H29Cl3N4O5S/c1-19-27(29(39)37(36(19)2)23-7-4-3-5-8-23)35-43(40,41)25-16-21(15-24(32)26(25)33)28(38)34-30(13-6-14-42-18-30)17-20-9-11-22(31)12-10-20/h3-5,7-12,15-16,35H,6,13-14,17-18H2,1-2H3,(H,34,38). The Hall–Kier alpha value is -3.28. The fraction of sp³-hybridized carbons (Fsp3) is 0.267. The van der Waals surface area contributed by atoms with Gasteiger partial charge in [-0.2, -0.15) is 0 Å². The van der Waals surface area contributed by atoms with E-state index in [-0.39, 0.29) is 27.9 Å². The number of nitrogens with zero attached hydrogens (tertiary/aromatic N) is 2. The smallest absolute Gasteiger partial charge is 0.296 e. The molecule has 1 saturated heterocycles. The van der Waals surface area contributed by atoms with Crippen LogP contribution in [0.25, 0.3) is 5.69 Å². The average molecular weight is 664 g/mol. The van der Waals surface area contributed by atoms with Crippen molar-refractivity contribution >= 4 is 56.4 Å². The molecule has 1 aliphatic rings. The maximum absolute atomic E-state index is 13.7. The van der Waals surface area contributed by atoms with E-state index < -0.39 is 31.9 Å². The van der Waals surface area contributed by atoms with Crippen LogP contribution in [0.3, 0.4) is 0 Å². The Balaban J connectivity index is 1.47. The molecule has 0 radical (unpaired) electrons. The topological polar surface area (TPSA) is 111 Å². The highest BCUT2D eigenvalue weighted by atomic mass is 35.5. The third-order valence-electron chi connectivity index (χ3n) is 7.49. The van der Waals surface area contributed by atoms with Crippen molar-refractivity contribution in [2.24, 2.45) is 7.05 Å². The second-order valence-electron chi connectivity index (χ2n) is 10.5. The second kappa shape index (κ2) is 12.4. The molecule has 2 heterocycles. The molecule has 1 fully saturated rings. The minimum absolute atomic E-state index is 0.0118. The van der Waals surface area contributed by atoms with E-state index in [2.05, 4.69) is 10.0 Å². The van der Waals surface area contributed by atoms with Crippen LogP contribution in [0.4, 0.5) is 5.69 Å². The summed E-state index contributed by atoms with van der Waals surface area (Å²) in [6, 6.07) is 18.6. The zero-order valence-corrected chi connectivity index (χ0v) is 26.4. The Bertz CT molecular complexity index is 1830. The van der Waals surface area contributed by atoms with Gasteiger partial charge in [-0.15, -0.1) is 0 Å². The lowest BCUT2D eigenvalue weighted by molar-refractivity contribution is 0.0197. The number of halogens is 3. The van der Waals surface area contributed by atoms with Crippen LogP contribution in [-0.4, -0.2) is 42.4 Å². The number of ether oxygens (including phenoxy) is 1. The van der Waals surface area contributed by atoms with Gasteiger partial charge in [0.25, 0.3) is 21.5 Å². The van der Waals surface area contributed by atoms with Gasteiger partial charge in [0.05, 0.1) is 33.6 Å². The van der Waals surface area contributed by atoms with Gasteiger partial charge < -0.3 is 10.1 Å². The van der Waals surface area contributed by atoms with Gasteiger partial charge in [-0.05, 0) is 68.1 Å². The predicted octanol–water partition coefficient (Wildman–Crippen LogP) is 5.77. The number of sulfonamides is 1. The molecule has 0 spiro atoms. The van der Waals surface area contributed by atoms with Crippen molar-refractivity contribution in [3.8, 4) is 5.69 Å². The molecule has 13 heteroatoms. The molecule has 9 nitrogen and oxygen atoms in total. The minimum Gasteiger partial charge on any atom is -0.379 e. The number of carbonyl (C=O) groups excluding carboxylic acids is 1. The number of carbonyl (C=O) groups is 1. The lowest BCUT2D eigenvalue weighted by atomic mass is 9.85. The summed E-state index contributed by atoms with van der Waals surface area (Å²) in [7, 11) is -2.82. The first kappa shape index (κ1) is 31.2. The molecule has 2 N–H and O–H groups in total. The molecule has 3 aromatic carbocycles. The monoisotopic (exact) mass is 662 g/mol. The molecule has 1 unspecified atom stereocenters. The molecule has 226 valence electrons. The largest absolute Gasteiger partial charge is 0.379 e. The maximum atomic E-state index is 13.7. The lowest BCUT2D eigenvalue weighted by Crippen LogP contribution is -2.55. The number of nitrogens with one attached hydrogen (secondary N) is 2. The maximum Gasteiger partial charge on any atom is 0.296 e. The van der Waals surface area contributed by atoms with Gasteiger partial charge in [-0.3, -0.25) is 19.0 Å². The quantitative estimate of drug-likeness (QED) is 0.249. The first-order valence-electron chi connectivity index (χ1n) is 13.4. The van der Waals surface area contributed by atoms with Crippen molar-refractivity contribution in [1.82, 2.24) is 14.7 Å². The first-order chi connectivity index (χ1) is 20.4. The summed E-state index contributed by atoms with van der Waals surface area (Å²) in [6.45, 7) is 2.46. The van der Waals surface area contributed by atoms with E-state index in [0.717, 1.165) is 18.1 Å². The fourth-order valence-electron chi connectivity index (χ4n) is 5.21. The Morgan fingerprint density at radius 2 is 1.74 bits per heavy atom. The van der Waals surface area contributed by atoms with Gasteiger partial charge in [0, 0.05) is 24.2 Å². The SMILES string of the molecule is Cc1c(NS(=O)(=O)c2cc(C(=O)NC3(Cc4ccc(Cl)cc4)CCCOC3)cc(Cl)c2Cl)c(=O)n(-c2ccccc2)n1C. The number of aromatic nitrogens is 2. The number of benzene rings is 3. The lowest BCUT2D eigenvalue weighted by Gasteiger charge is -2.38. The molecular formula is C30H29Cl3N4O5S. The summed E-state index contributed by atoms with van der Waals surface area (Å²) in [5, 5.41) is 3.26. The molecule has 0 saturated carbocycles. The van der Waals surface area contributed by atoms with Crippen LogP contribution in [0.15, 0.2) is 76.4 Å². The van der Waals surface area contributed by atoms with Crippen LogP contribution >= 0.6 is 34.8 Å². The van der Waals surface area contributed by atoms with Crippen molar-refractivity contribution in [2.75, 3.05) is 17.9 Å².